The molecule has 4 heteroatoms. The van der Waals surface area contributed by atoms with E-state index in [-0.39, 0.29) is 23.9 Å². The number of aliphatic carboxylic acids is 1. The third-order valence-electron chi connectivity index (χ3n) is 9.21. The van der Waals surface area contributed by atoms with Crippen molar-refractivity contribution in [2.24, 2.45) is 40.4 Å². The van der Waals surface area contributed by atoms with E-state index in [0.29, 0.717) is 47.7 Å². The van der Waals surface area contributed by atoms with Gasteiger partial charge in [0.25, 0.3) is 0 Å². The molecule has 0 aromatic heterocycles. The van der Waals surface area contributed by atoms with Crippen molar-refractivity contribution < 1.29 is 19.8 Å². The molecule has 4 rings (SSSR count). The van der Waals surface area contributed by atoms with Gasteiger partial charge in [0.2, 0.25) is 0 Å². The first kappa shape index (κ1) is 18.5. The Morgan fingerprint density at radius 3 is 2.65 bits per heavy atom. The van der Waals surface area contributed by atoms with Crippen LogP contribution in [0, 0.1) is 40.4 Å². The number of rotatable bonds is 3. The number of hydrogen-bond donors (Lipinski definition) is 2. The lowest BCUT2D eigenvalue weighted by Gasteiger charge is -2.60. The third kappa shape index (κ3) is 2.66. The molecule has 26 heavy (non-hydrogen) atoms. The van der Waals surface area contributed by atoms with Gasteiger partial charge in [-0.05, 0) is 86.4 Å². The number of carboxylic acid groups (broad SMARTS) is 1. The molecule has 0 saturated heterocycles. The predicted octanol–water partition coefficient (Wildman–Crippen LogP) is 4.05. The maximum absolute atomic E-state index is 12.9. The molecule has 1 unspecified atom stereocenters. The minimum absolute atomic E-state index is 0.130. The number of fused-ring (bicyclic) bond motifs is 5. The van der Waals surface area contributed by atoms with Crippen LogP contribution >= 0.6 is 0 Å². The van der Waals surface area contributed by atoms with Crippen LogP contribution in [0.5, 0.6) is 0 Å². The maximum Gasteiger partial charge on any atom is 0.303 e. The van der Waals surface area contributed by atoms with E-state index in [1.807, 2.05) is 0 Å². The van der Waals surface area contributed by atoms with Gasteiger partial charge in [-0.15, -0.1) is 0 Å². The quantitative estimate of drug-likeness (QED) is 0.794. The number of carboxylic acids is 1. The SMILES string of the molecule is C[C@]12CC[C@@H](O)C[C@@H]1CC[C@@H]1[C@@H]2CC[C@]2(C)C(=O)CC(CCC(=O)O)[C@@H]12. The number of hydrogen-bond acceptors (Lipinski definition) is 3. The first-order valence-corrected chi connectivity index (χ1v) is 10.7. The van der Waals surface area contributed by atoms with E-state index in [1.165, 1.54) is 6.42 Å². The molecule has 4 aliphatic rings. The molecular weight excluding hydrogens is 328 g/mol. The highest BCUT2D eigenvalue weighted by Crippen LogP contribution is 2.66. The lowest BCUT2D eigenvalue weighted by atomic mass is 9.44. The summed E-state index contributed by atoms with van der Waals surface area (Å²) in [6.45, 7) is 4.63. The number of ketones is 1. The molecule has 2 N–H and O–H groups in total. The average Bonchev–Trinajstić information content (AvgIpc) is 2.84. The van der Waals surface area contributed by atoms with E-state index in [1.54, 1.807) is 0 Å². The van der Waals surface area contributed by atoms with Gasteiger partial charge in [0.05, 0.1) is 6.10 Å². The molecule has 0 heterocycles. The number of aliphatic hydroxyl groups excluding tert-OH is 1. The van der Waals surface area contributed by atoms with E-state index in [9.17, 15) is 14.7 Å². The fraction of sp³-hybridized carbons (Fsp3) is 0.909. The van der Waals surface area contributed by atoms with E-state index in [2.05, 4.69) is 13.8 Å². The first-order chi connectivity index (χ1) is 12.3. The van der Waals surface area contributed by atoms with Crippen LogP contribution in [0.25, 0.3) is 0 Å². The smallest absolute Gasteiger partial charge is 0.303 e. The van der Waals surface area contributed by atoms with Crippen molar-refractivity contribution in [3.63, 3.8) is 0 Å². The van der Waals surface area contributed by atoms with Crippen LogP contribution in [0.3, 0.4) is 0 Å². The van der Waals surface area contributed by atoms with E-state index < -0.39 is 5.97 Å². The van der Waals surface area contributed by atoms with Gasteiger partial charge in [-0.25, -0.2) is 0 Å². The fourth-order valence-corrected chi connectivity index (χ4v) is 7.87. The van der Waals surface area contributed by atoms with Crippen molar-refractivity contribution >= 4 is 11.8 Å². The Hall–Kier alpha value is -0.900. The molecule has 0 radical (unpaired) electrons. The monoisotopic (exact) mass is 362 g/mol. The molecule has 0 spiro atoms. The standard InChI is InChI=1S/C22H34O4/c1-21-9-7-15(23)12-14(21)4-5-16-17(21)8-10-22(2)18(24)11-13(20(16)22)3-6-19(25)26/h13-17,20,23H,3-12H2,1-2H3,(H,25,26)/t13?,14-,15+,16+,17-,20-,21-,22+/m0/s1. The highest BCUT2D eigenvalue weighted by atomic mass is 16.4. The summed E-state index contributed by atoms with van der Waals surface area (Å²) in [6.07, 6.45) is 8.73. The minimum Gasteiger partial charge on any atom is -0.481 e. The molecule has 146 valence electrons. The molecule has 4 saturated carbocycles. The van der Waals surface area contributed by atoms with Crippen molar-refractivity contribution in [2.75, 3.05) is 0 Å². The summed E-state index contributed by atoms with van der Waals surface area (Å²) in [5.74, 6) is 2.11. The van der Waals surface area contributed by atoms with Crippen molar-refractivity contribution in [1.29, 1.82) is 0 Å². The van der Waals surface area contributed by atoms with Crippen LogP contribution in [-0.2, 0) is 9.59 Å². The van der Waals surface area contributed by atoms with Gasteiger partial charge in [-0.2, -0.15) is 0 Å². The Balaban J connectivity index is 1.62. The van der Waals surface area contributed by atoms with Gasteiger partial charge in [0.1, 0.15) is 5.78 Å². The normalized spacial score (nSPS) is 50.7. The summed E-state index contributed by atoms with van der Waals surface area (Å²) >= 11 is 0. The summed E-state index contributed by atoms with van der Waals surface area (Å²) < 4.78 is 0. The summed E-state index contributed by atoms with van der Waals surface area (Å²) in [5.41, 5.74) is 0.0776. The van der Waals surface area contributed by atoms with Gasteiger partial charge in [0, 0.05) is 18.3 Å². The van der Waals surface area contributed by atoms with Crippen LogP contribution in [0.2, 0.25) is 0 Å². The maximum atomic E-state index is 12.9. The summed E-state index contributed by atoms with van der Waals surface area (Å²) in [5, 5.41) is 19.3. The molecule has 0 amide bonds. The zero-order valence-corrected chi connectivity index (χ0v) is 16.2. The highest BCUT2D eigenvalue weighted by Gasteiger charge is 2.62. The molecule has 4 aliphatic carbocycles. The number of Topliss-reactive ketones (excluding diaryl/α,β-unsaturated/α-hetero) is 1. The topological polar surface area (TPSA) is 74.6 Å². The van der Waals surface area contributed by atoms with Crippen LogP contribution in [0.15, 0.2) is 0 Å². The lowest BCUT2D eigenvalue weighted by Crippen LogP contribution is -2.54. The van der Waals surface area contributed by atoms with Crippen LogP contribution in [0.4, 0.5) is 0 Å². The number of aliphatic hydroxyl groups is 1. The minimum atomic E-state index is -0.740. The largest absolute Gasteiger partial charge is 0.481 e. The van der Waals surface area contributed by atoms with Gasteiger partial charge >= 0.3 is 5.97 Å². The molecule has 4 fully saturated rings. The second-order valence-corrected chi connectivity index (χ2v) is 10.3. The van der Waals surface area contributed by atoms with Gasteiger partial charge in [-0.1, -0.05) is 13.8 Å². The third-order valence-corrected chi connectivity index (χ3v) is 9.21. The average molecular weight is 363 g/mol. The van der Waals surface area contributed by atoms with Gasteiger partial charge in [0.15, 0.2) is 0 Å². The number of carbonyl (C=O) groups is 2. The van der Waals surface area contributed by atoms with Crippen molar-refractivity contribution in [1.82, 2.24) is 0 Å². The van der Waals surface area contributed by atoms with E-state index >= 15 is 0 Å². The van der Waals surface area contributed by atoms with Crippen molar-refractivity contribution in [2.45, 2.75) is 84.2 Å². The zero-order valence-electron chi connectivity index (χ0n) is 16.2. The summed E-state index contributed by atoms with van der Waals surface area (Å²) in [6, 6.07) is 0. The molecule has 0 aliphatic heterocycles. The second-order valence-electron chi connectivity index (χ2n) is 10.3. The van der Waals surface area contributed by atoms with E-state index in [4.69, 9.17) is 5.11 Å². The first-order valence-electron chi connectivity index (χ1n) is 10.7. The Kier molecular flexibility index (Phi) is 4.49. The van der Waals surface area contributed by atoms with Crippen LogP contribution < -0.4 is 0 Å². The predicted molar refractivity (Wildman–Crippen MR) is 98.5 cm³/mol. The fourth-order valence-electron chi connectivity index (χ4n) is 7.87. The molecule has 4 nitrogen and oxygen atoms in total. The molecule has 0 aromatic carbocycles. The summed E-state index contributed by atoms with van der Waals surface area (Å²) in [7, 11) is 0. The van der Waals surface area contributed by atoms with Gasteiger partial charge < -0.3 is 10.2 Å². The van der Waals surface area contributed by atoms with E-state index in [0.717, 1.165) is 38.5 Å². The Morgan fingerprint density at radius 1 is 1.15 bits per heavy atom. The van der Waals surface area contributed by atoms with Crippen molar-refractivity contribution in [3.8, 4) is 0 Å². The number of carbonyl (C=O) groups excluding carboxylic acids is 1. The molecular formula is C22H34O4. The van der Waals surface area contributed by atoms with Gasteiger partial charge in [-0.3, -0.25) is 9.59 Å². The Labute approximate surface area is 156 Å². The van der Waals surface area contributed by atoms with Crippen molar-refractivity contribution in [3.05, 3.63) is 0 Å². The lowest BCUT2D eigenvalue weighted by molar-refractivity contribution is -0.145. The second kappa shape index (κ2) is 6.32. The molecule has 0 bridgehead atoms. The molecule has 8 atom stereocenters. The van der Waals surface area contributed by atoms with Crippen LogP contribution in [-0.4, -0.2) is 28.1 Å². The Bertz CT molecular complexity index is 601. The highest BCUT2D eigenvalue weighted by molar-refractivity contribution is 5.87. The summed E-state index contributed by atoms with van der Waals surface area (Å²) in [4.78, 5) is 24.0. The van der Waals surface area contributed by atoms with Crippen LogP contribution in [0.1, 0.15) is 78.1 Å². The Morgan fingerprint density at radius 2 is 1.92 bits per heavy atom. The molecule has 0 aromatic rings. The zero-order chi connectivity index (χ0) is 18.7.